The van der Waals surface area contributed by atoms with Gasteiger partial charge in [0.05, 0.1) is 6.54 Å². The van der Waals surface area contributed by atoms with Crippen molar-refractivity contribution < 1.29 is 4.74 Å². The van der Waals surface area contributed by atoms with Crippen LogP contribution in [-0.2, 0) is 0 Å². The molecule has 0 unspecified atom stereocenters. The standard InChI is InChI=1S/C17H26N2OS/c1-13-7-9-15(10-8-13)20-12-11-18-17(21)19-16-6-4-3-5-14(16)2/h7-10,14,16H,3-6,11-12H2,1-2H3,(H2,18,19,21)/t14-,16+/m1/s1. The molecule has 0 aromatic heterocycles. The van der Waals surface area contributed by atoms with Crippen LogP contribution in [0.2, 0.25) is 0 Å². The molecule has 116 valence electrons. The highest BCUT2D eigenvalue weighted by Gasteiger charge is 2.21. The van der Waals surface area contributed by atoms with Crippen LogP contribution in [0.5, 0.6) is 5.75 Å². The van der Waals surface area contributed by atoms with E-state index in [0.717, 1.165) is 17.4 Å². The highest BCUT2D eigenvalue weighted by molar-refractivity contribution is 7.80. The number of nitrogens with one attached hydrogen (secondary N) is 2. The molecule has 21 heavy (non-hydrogen) atoms. The van der Waals surface area contributed by atoms with Gasteiger partial charge in [0.1, 0.15) is 12.4 Å². The van der Waals surface area contributed by atoms with E-state index in [1.165, 1.54) is 31.2 Å². The van der Waals surface area contributed by atoms with Crippen molar-refractivity contribution in [2.75, 3.05) is 13.2 Å². The molecule has 0 radical (unpaired) electrons. The lowest BCUT2D eigenvalue weighted by molar-refractivity contribution is 0.304. The minimum Gasteiger partial charge on any atom is -0.492 e. The predicted octanol–water partition coefficient (Wildman–Crippen LogP) is 3.42. The van der Waals surface area contributed by atoms with Crippen molar-refractivity contribution in [3.8, 4) is 5.75 Å². The summed E-state index contributed by atoms with van der Waals surface area (Å²) in [5.74, 6) is 1.62. The van der Waals surface area contributed by atoms with Crippen LogP contribution < -0.4 is 15.4 Å². The molecule has 0 saturated heterocycles. The summed E-state index contributed by atoms with van der Waals surface area (Å²) in [7, 11) is 0. The second-order valence-corrected chi connectivity index (χ2v) is 6.34. The molecule has 2 rings (SSSR count). The Hall–Kier alpha value is -1.29. The Morgan fingerprint density at radius 2 is 1.95 bits per heavy atom. The Morgan fingerprint density at radius 1 is 1.24 bits per heavy atom. The van der Waals surface area contributed by atoms with Crippen molar-refractivity contribution in [3.05, 3.63) is 29.8 Å². The van der Waals surface area contributed by atoms with Crippen LogP contribution in [0.25, 0.3) is 0 Å². The molecule has 1 saturated carbocycles. The number of hydrogen-bond donors (Lipinski definition) is 2. The maximum Gasteiger partial charge on any atom is 0.166 e. The molecule has 2 atom stereocenters. The molecule has 1 fully saturated rings. The van der Waals surface area contributed by atoms with Crippen LogP contribution >= 0.6 is 12.2 Å². The minimum atomic E-state index is 0.525. The van der Waals surface area contributed by atoms with Crippen LogP contribution in [-0.4, -0.2) is 24.3 Å². The first kappa shape index (κ1) is 16.1. The average Bonchev–Trinajstić information content (AvgIpc) is 2.48. The van der Waals surface area contributed by atoms with Crippen LogP contribution in [0.15, 0.2) is 24.3 Å². The van der Waals surface area contributed by atoms with Crippen molar-refractivity contribution in [1.29, 1.82) is 0 Å². The van der Waals surface area contributed by atoms with Crippen molar-refractivity contribution in [3.63, 3.8) is 0 Å². The van der Waals surface area contributed by atoms with Gasteiger partial charge in [0.25, 0.3) is 0 Å². The van der Waals surface area contributed by atoms with Gasteiger partial charge in [-0.1, -0.05) is 37.5 Å². The number of rotatable bonds is 5. The van der Waals surface area contributed by atoms with Gasteiger partial charge >= 0.3 is 0 Å². The molecule has 0 bridgehead atoms. The second kappa shape index (κ2) is 8.23. The van der Waals surface area contributed by atoms with E-state index in [1.807, 2.05) is 12.1 Å². The fourth-order valence-corrected chi connectivity index (χ4v) is 2.97. The van der Waals surface area contributed by atoms with Crippen molar-refractivity contribution >= 4 is 17.3 Å². The lowest BCUT2D eigenvalue weighted by Crippen LogP contribution is -2.46. The fourth-order valence-electron chi connectivity index (χ4n) is 2.72. The summed E-state index contributed by atoms with van der Waals surface area (Å²) >= 11 is 5.36. The third-order valence-electron chi connectivity index (χ3n) is 4.11. The van der Waals surface area contributed by atoms with Gasteiger partial charge in [-0.3, -0.25) is 0 Å². The molecule has 4 heteroatoms. The first-order chi connectivity index (χ1) is 10.1. The zero-order valence-electron chi connectivity index (χ0n) is 13.0. The molecule has 3 nitrogen and oxygen atoms in total. The molecule has 0 spiro atoms. The SMILES string of the molecule is Cc1ccc(OCCNC(=S)N[C@H]2CCCC[C@H]2C)cc1. The summed E-state index contributed by atoms with van der Waals surface area (Å²) in [6.07, 6.45) is 5.19. The first-order valence-electron chi connectivity index (χ1n) is 7.89. The van der Waals surface area contributed by atoms with E-state index in [4.69, 9.17) is 17.0 Å². The molecule has 0 amide bonds. The summed E-state index contributed by atoms with van der Waals surface area (Å²) in [5.41, 5.74) is 1.24. The maximum atomic E-state index is 5.67. The van der Waals surface area contributed by atoms with Gasteiger partial charge in [-0.2, -0.15) is 0 Å². The van der Waals surface area contributed by atoms with E-state index < -0.39 is 0 Å². The van der Waals surface area contributed by atoms with E-state index in [1.54, 1.807) is 0 Å². The molecular formula is C17H26N2OS. The Balaban J connectivity index is 1.61. The number of thiocarbonyl (C=S) groups is 1. The van der Waals surface area contributed by atoms with Crippen LogP contribution in [0.3, 0.4) is 0 Å². The van der Waals surface area contributed by atoms with Crippen LogP contribution in [0, 0.1) is 12.8 Å². The molecule has 0 heterocycles. The monoisotopic (exact) mass is 306 g/mol. The van der Waals surface area contributed by atoms with E-state index >= 15 is 0 Å². The first-order valence-corrected chi connectivity index (χ1v) is 8.30. The topological polar surface area (TPSA) is 33.3 Å². The molecule has 2 N–H and O–H groups in total. The van der Waals surface area contributed by atoms with Gasteiger partial charge in [0.2, 0.25) is 0 Å². The number of ether oxygens (including phenoxy) is 1. The normalized spacial score (nSPS) is 21.6. The van der Waals surface area contributed by atoms with Gasteiger partial charge in [0.15, 0.2) is 5.11 Å². The van der Waals surface area contributed by atoms with E-state index in [2.05, 4.69) is 36.6 Å². The van der Waals surface area contributed by atoms with Crippen molar-refractivity contribution in [2.24, 2.45) is 5.92 Å². The zero-order chi connectivity index (χ0) is 15.1. The van der Waals surface area contributed by atoms with Gasteiger partial charge in [-0.15, -0.1) is 0 Å². The Kier molecular flexibility index (Phi) is 6.30. The Bertz CT molecular complexity index is 447. The van der Waals surface area contributed by atoms with Crippen LogP contribution in [0.4, 0.5) is 0 Å². The number of aryl methyl sites for hydroxylation is 1. The molecule has 0 aliphatic heterocycles. The summed E-state index contributed by atoms with van der Waals surface area (Å²) in [6, 6.07) is 8.63. The Morgan fingerprint density at radius 3 is 2.67 bits per heavy atom. The quantitative estimate of drug-likeness (QED) is 0.645. The van der Waals surface area contributed by atoms with E-state index in [9.17, 15) is 0 Å². The largest absolute Gasteiger partial charge is 0.492 e. The van der Waals surface area contributed by atoms with Crippen LogP contribution in [0.1, 0.15) is 38.2 Å². The van der Waals surface area contributed by atoms with E-state index in [-0.39, 0.29) is 0 Å². The molecule has 1 aliphatic carbocycles. The highest BCUT2D eigenvalue weighted by Crippen LogP contribution is 2.23. The molecular weight excluding hydrogens is 280 g/mol. The van der Waals surface area contributed by atoms with Crippen molar-refractivity contribution in [1.82, 2.24) is 10.6 Å². The Labute approximate surface area is 133 Å². The lowest BCUT2D eigenvalue weighted by Gasteiger charge is -2.30. The molecule has 1 aromatic carbocycles. The second-order valence-electron chi connectivity index (χ2n) is 5.93. The zero-order valence-corrected chi connectivity index (χ0v) is 13.8. The summed E-state index contributed by atoms with van der Waals surface area (Å²) in [5, 5.41) is 7.42. The van der Waals surface area contributed by atoms with Crippen molar-refractivity contribution in [2.45, 2.75) is 45.6 Å². The summed E-state index contributed by atoms with van der Waals surface area (Å²) < 4.78 is 5.67. The van der Waals surface area contributed by atoms with Gasteiger partial charge in [-0.05, 0) is 50.0 Å². The lowest BCUT2D eigenvalue weighted by atomic mass is 9.86. The van der Waals surface area contributed by atoms with E-state index in [0.29, 0.717) is 18.6 Å². The predicted molar refractivity (Wildman–Crippen MR) is 91.8 cm³/mol. The molecule has 1 aromatic rings. The average molecular weight is 306 g/mol. The fraction of sp³-hybridized carbons (Fsp3) is 0.588. The van der Waals surface area contributed by atoms with Gasteiger partial charge in [-0.25, -0.2) is 0 Å². The minimum absolute atomic E-state index is 0.525. The summed E-state index contributed by atoms with van der Waals surface area (Å²) in [4.78, 5) is 0. The smallest absolute Gasteiger partial charge is 0.166 e. The number of hydrogen-bond acceptors (Lipinski definition) is 2. The highest BCUT2D eigenvalue weighted by atomic mass is 32.1. The van der Waals surface area contributed by atoms with Gasteiger partial charge in [0, 0.05) is 6.04 Å². The maximum absolute atomic E-state index is 5.67. The summed E-state index contributed by atoms with van der Waals surface area (Å²) in [6.45, 7) is 5.72. The third kappa shape index (κ3) is 5.54. The molecule has 1 aliphatic rings. The van der Waals surface area contributed by atoms with Gasteiger partial charge < -0.3 is 15.4 Å². The number of benzene rings is 1. The third-order valence-corrected chi connectivity index (χ3v) is 4.37.